The van der Waals surface area contributed by atoms with Gasteiger partial charge in [-0.25, -0.2) is 0 Å². The van der Waals surface area contributed by atoms with Crippen LogP contribution in [-0.4, -0.2) is 43.3 Å². The van der Waals surface area contributed by atoms with Gasteiger partial charge in [0.25, 0.3) is 0 Å². The van der Waals surface area contributed by atoms with Gasteiger partial charge in [0.15, 0.2) is 5.96 Å². The summed E-state index contributed by atoms with van der Waals surface area (Å²) in [5, 5.41) is 3.18. The lowest BCUT2D eigenvalue weighted by Gasteiger charge is -2.34. The van der Waals surface area contributed by atoms with Gasteiger partial charge >= 0.3 is 0 Å². The Labute approximate surface area is 138 Å². The molecule has 0 unspecified atom stereocenters. The largest absolute Gasteiger partial charge is 0.381 e. The topological polar surface area (TPSA) is 59.6 Å². The highest BCUT2D eigenvalue weighted by Crippen LogP contribution is 2.33. The summed E-state index contributed by atoms with van der Waals surface area (Å²) < 4.78 is 5.64. The number of hydrogen-bond acceptors (Lipinski definition) is 3. The van der Waals surface area contributed by atoms with Crippen LogP contribution in [0.1, 0.15) is 33.1 Å². The van der Waals surface area contributed by atoms with E-state index in [1.165, 1.54) is 0 Å². The predicted octanol–water partition coefficient (Wildman–Crippen LogP) is 2.47. The van der Waals surface area contributed by atoms with Crippen molar-refractivity contribution in [1.29, 1.82) is 0 Å². The van der Waals surface area contributed by atoms with E-state index in [-0.39, 0.29) is 28.7 Å². The lowest BCUT2D eigenvalue weighted by atomic mass is 9.99. The third kappa shape index (κ3) is 7.60. The molecule has 114 valence electrons. The number of nitrogens with two attached hydrogens (primary N) is 1. The van der Waals surface area contributed by atoms with Crippen LogP contribution in [0.15, 0.2) is 4.99 Å². The molecule has 1 saturated heterocycles. The molecule has 0 bridgehead atoms. The lowest BCUT2D eigenvalue weighted by Crippen LogP contribution is -2.39. The van der Waals surface area contributed by atoms with Crippen molar-refractivity contribution in [1.82, 2.24) is 5.32 Å². The van der Waals surface area contributed by atoms with Gasteiger partial charge in [0.2, 0.25) is 0 Å². The molecule has 1 aliphatic heterocycles. The van der Waals surface area contributed by atoms with Gasteiger partial charge in [0.05, 0.1) is 6.54 Å². The Kier molecular flexibility index (Phi) is 10.3. The Morgan fingerprint density at radius 3 is 2.58 bits per heavy atom. The summed E-state index contributed by atoms with van der Waals surface area (Å²) >= 11 is 1.89. The van der Waals surface area contributed by atoms with Crippen LogP contribution in [0.3, 0.4) is 0 Å². The van der Waals surface area contributed by atoms with E-state index in [2.05, 4.69) is 30.4 Å². The van der Waals surface area contributed by atoms with E-state index in [4.69, 9.17) is 10.5 Å². The molecule has 1 rings (SSSR count). The predicted molar refractivity (Wildman–Crippen MR) is 95.7 cm³/mol. The average Bonchev–Trinajstić information content (AvgIpc) is 2.37. The number of hydrogen-bond donors (Lipinski definition) is 2. The number of rotatable bonds is 6. The van der Waals surface area contributed by atoms with Crippen LogP contribution in [0.25, 0.3) is 0 Å². The maximum absolute atomic E-state index is 5.89. The second-order valence-electron chi connectivity index (χ2n) is 5.31. The number of guanidine groups is 1. The lowest BCUT2D eigenvalue weighted by molar-refractivity contribution is 0.0794. The number of thioether (sulfide) groups is 1. The van der Waals surface area contributed by atoms with E-state index in [1.807, 2.05) is 11.8 Å². The SMILES string of the molecule is CSC1(CN=C(N)NCCC(C)C)CCOCC1.I. The second-order valence-corrected chi connectivity index (χ2v) is 6.58. The fourth-order valence-electron chi connectivity index (χ4n) is 1.94. The Morgan fingerprint density at radius 2 is 2.05 bits per heavy atom. The molecule has 1 aliphatic rings. The third-order valence-corrected chi connectivity index (χ3v) is 4.81. The Bertz CT molecular complexity index is 269. The van der Waals surface area contributed by atoms with Gasteiger partial charge in [0.1, 0.15) is 0 Å². The summed E-state index contributed by atoms with van der Waals surface area (Å²) in [6.07, 6.45) is 5.41. The van der Waals surface area contributed by atoms with Gasteiger partial charge in [0, 0.05) is 24.5 Å². The summed E-state index contributed by atoms with van der Waals surface area (Å²) in [6, 6.07) is 0. The second kappa shape index (κ2) is 10.1. The minimum absolute atomic E-state index is 0. The molecule has 4 nitrogen and oxygen atoms in total. The molecule has 19 heavy (non-hydrogen) atoms. The Hall–Kier alpha value is 0.310. The molecule has 0 aromatic carbocycles. The van der Waals surface area contributed by atoms with Crippen molar-refractivity contribution in [3.8, 4) is 0 Å². The first kappa shape index (κ1) is 19.3. The smallest absolute Gasteiger partial charge is 0.188 e. The highest BCUT2D eigenvalue weighted by Gasteiger charge is 2.31. The first-order valence-corrected chi connectivity index (χ1v) is 7.97. The van der Waals surface area contributed by atoms with Gasteiger partial charge in [-0.2, -0.15) is 11.8 Å². The van der Waals surface area contributed by atoms with Gasteiger partial charge in [-0.05, 0) is 31.4 Å². The van der Waals surface area contributed by atoms with E-state index < -0.39 is 0 Å². The molecule has 0 atom stereocenters. The van der Waals surface area contributed by atoms with Crippen LogP contribution in [-0.2, 0) is 4.74 Å². The van der Waals surface area contributed by atoms with Crippen LogP contribution >= 0.6 is 35.7 Å². The Morgan fingerprint density at radius 1 is 1.42 bits per heavy atom. The van der Waals surface area contributed by atoms with Crippen molar-refractivity contribution in [2.24, 2.45) is 16.6 Å². The minimum atomic E-state index is 0. The number of nitrogens with one attached hydrogen (secondary N) is 1. The fraction of sp³-hybridized carbons (Fsp3) is 0.923. The molecule has 0 saturated carbocycles. The normalized spacial score (nSPS) is 19.1. The summed E-state index contributed by atoms with van der Waals surface area (Å²) in [7, 11) is 0. The van der Waals surface area contributed by atoms with Crippen molar-refractivity contribution >= 4 is 41.7 Å². The van der Waals surface area contributed by atoms with E-state index in [0.29, 0.717) is 11.9 Å². The zero-order chi connectivity index (χ0) is 13.4. The van der Waals surface area contributed by atoms with Gasteiger partial charge in [-0.3, -0.25) is 4.99 Å². The molecule has 1 fully saturated rings. The van der Waals surface area contributed by atoms with Crippen LogP contribution in [0.5, 0.6) is 0 Å². The quantitative estimate of drug-likeness (QED) is 0.408. The molecule has 0 spiro atoms. The van der Waals surface area contributed by atoms with Gasteiger partial charge in [-0.15, -0.1) is 24.0 Å². The molecule has 6 heteroatoms. The maximum Gasteiger partial charge on any atom is 0.188 e. The van der Waals surface area contributed by atoms with Gasteiger partial charge < -0.3 is 15.8 Å². The van der Waals surface area contributed by atoms with Crippen LogP contribution in [0.4, 0.5) is 0 Å². The van der Waals surface area contributed by atoms with Crippen molar-refractivity contribution in [3.05, 3.63) is 0 Å². The van der Waals surface area contributed by atoms with E-state index in [0.717, 1.165) is 45.6 Å². The van der Waals surface area contributed by atoms with Crippen LogP contribution < -0.4 is 11.1 Å². The van der Waals surface area contributed by atoms with E-state index in [1.54, 1.807) is 0 Å². The molecule has 0 amide bonds. The molecule has 0 aromatic heterocycles. The maximum atomic E-state index is 5.89. The number of aliphatic imine (C=N–C) groups is 1. The average molecular weight is 401 g/mol. The molecule has 0 aromatic rings. The minimum Gasteiger partial charge on any atom is -0.381 e. The molecular formula is C13H28IN3OS. The van der Waals surface area contributed by atoms with Crippen LogP contribution in [0.2, 0.25) is 0 Å². The third-order valence-electron chi connectivity index (χ3n) is 3.40. The first-order chi connectivity index (χ1) is 8.58. The zero-order valence-electron chi connectivity index (χ0n) is 12.3. The monoisotopic (exact) mass is 401 g/mol. The number of ether oxygens (including phenoxy) is 1. The van der Waals surface area contributed by atoms with Crippen LogP contribution in [0, 0.1) is 5.92 Å². The van der Waals surface area contributed by atoms with Crippen molar-refractivity contribution in [3.63, 3.8) is 0 Å². The van der Waals surface area contributed by atoms with E-state index >= 15 is 0 Å². The summed E-state index contributed by atoms with van der Waals surface area (Å²) in [6.45, 7) is 7.80. The number of halogens is 1. The summed E-state index contributed by atoms with van der Waals surface area (Å²) in [5.74, 6) is 1.27. The molecular weight excluding hydrogens is 373 g/mol. The van der Waals surface area contributed by atoms with Crippen molar-refractivity contribution in [2.45, 2.75) is 37.9 Å². The highest BCUT2D eigenvalue weighted by atomic mass is 127. The first-order valence-electron chi connectivity index (χ1n) is 6.75. The molecule has 3 N–H and O–H groups in total. The summed E-state index contributed by atoms with van der Waals surface area (Å²) in [5.41, 5.74) is 5.89. The highest BCUT2D eigenvalue weighted by molar-refractivity contribution is 14.0. The van der Waals surface area contributed by atoms with E-state index in [9.17, 15) is 0 Å². The fourth-order valence-corrected chi connectivity index (χ4v) is 2.71. The molecule has 0 aliphatic carbocycles. The number of nitrogens with zero attached hydrogens (tertiary/aromatic N) is 1. The molecule has 0 radical (unpaired) electrons. The van der Waals surface area contributed by atoms with Crippen molar-refractivity contribution < 1.29 is 4.74 Å². The van der Waals surface area contributed by atoms with Gasteiger partial charge in [-0.1, -0.05) is 13.8 Å². The standard InChI is InChI=1S/C13H27N3OS.HI/c1-11(2)4-7-15-12(14)16-10-13(18-3)5-8-17-9-6-13;/h11H,4-10H2,1-3H3,(H3,14,15,16);1H. The summed E-state index contributed by atoms with van der Waals surface area (Å²) in [4.78, 5) is 4.49. The zero-order valence-corrected chi connectivity index (χ0v) is 15.4. The molecule has 1 heterocycles. The van der Waals surface area contributed by atoms with Crippen molar-refractivity contribution in [2.75, 3.05) is 32.6 Å². The Balaban J connectivity index is 0.00000324.